The van der Waals surface area contributed by atoms with Crippen molar-refractivity contribution in [2.75, 3.05) is 6.61 Å². The smallest absolute Gasteiger partial charge is 0.422 e. The zero-order chi connectivity index (χ0) is 27.0. The number of benzene rings is 3. The number of unbranched alkanes of at least 4 members (excludes halogenated alkanes) is 2. The lowest BCUT2D eigenvalue weighted by atomic mass is 9.98. The molecule has 0 saturated heterocycles. The monoisotopic (exact) mass is 523 g/mol. The van der Waals surface area contributed by atoms with Gasteiger partial charge in [-0.15, -0.1) is 0 Å². The van der Waals surface area contributed by atoms with Crippen LogP contribution in [-0.2, 0) is 32.1 Å². The lowest BCUT2D eigenvalue weighted by molar-refractivity contribution is -0.153. The Hall–Kier alpha value is -3.41. The second kappa shape index (κ2) is 12.9. The molecule has 1 heterocycles. The average molecular weight is 524 g/mol. The predicted octanol–water partition coefficient (Wildman–Crippen LogP) is 8.62. The first-order valence-electron chi connectivity index (χ1n) is 13.2. The van der Waals surface area contributed by atoms with Crippen molar-refractivity contribution in [3.8, 4) is 5.75 Å². The van der Waals surface area contributed by atoms with Crippen LogP contribution in [0.2, 0.25) is 0 Å². The van der Waals surface area contributed by atoms with Gasteiger partial charge in [0.1, 0.15) is 11.6 Å². The van der Waals surface area contributed by atoms with Crippen molar-refractivity contribution in [3.05, 3.63) is 107 Å². The van der Waals surface area contributed by atoms with E-state index in [-0.39, 0.29) is 11.6 Å². The SMILES string of the molecule is CCCCCc1ccc(CCc2ccc3c(F)c(CCc4ccc(OCC(F)(F)F)cc4)ccc3c2)nc1. The Morgan fingerprint density at radius 3 is 2.18 bits per heavy atom. The Balaban J connectivity index is 1.33. The molecule has 0 bridgehead atoms. The van der Waals surface area contributed by atoms with E-state index in [2.05, 4.69) is 24.0 Å². The van der Waals surface area contributed by atoms with E-state index in [1.54, 1.807) is 12.1 Å². The summed E-state index contributed by atoms with van der Waals surface area (Å²) in [6, 6.07) is 20.4. The first-order chi connectivity index (χ1) is 18.3. The first kappa shape index (κ1) is 27.6. The van der Waals surface area contributed by atoms with Gasteiger partial charge < -0.3 is 4.74 Å². The Bertz CT molecular complexity index is 1310. The molecule has 6 heteroatoms. The minimum atomic E-state index is -4.37. The number of rotatable bonds is 12. The van der Waals surface area contributed by atoms with Crippen LogP contribution in [0, 0.1) is 5.82 Å². The predicted molar refractivity (Wildman–Crippen MR) is 144 cm³/mol. The summed E-state index contributed by atoms with van der Waals surface area (Å²) in [5.74, 6) is -0.0616. The maximum atomic E-state index is 15.2. The molecule has 38 heavy (non-hydrogen) atoms. The average Bonchev–Trinajstić information content (AvgIpc) is 2.91. The fourth-order valence-corrected chi connectivity index (χ4v) is 4.53. The highest BCUT2D eigenvalue weighted by molar-refractivity contribution is 5.84. The minimum absolute atomic E-state index is 0.161. The number of aryl methyl sites for hydroxylation is 5. The Morgan fingerprint density at radius 1 is 0.737 bits per heavy atom. The van der Waals surface area contributed by atoms with E-state index in [0.717, 1.165) is 41.5 Å². The second-order valence-corrected chi connectivity index (χ2v) is 9.76. The summed E-state index contributed by atoms with van der Waals surface area (Å²) in [5, 5.41) is 1.46. The third kappa shape index (κ3) is 8.04. The maximum Gasteiger partial charge on any atom is 0.422 e. The standard InChI is InChI=1S/C32H33F4NO/c1-2-3-4-5-25-8-16-28(37-21-25)15-7-24-11-19-30-27(20-24)14-13-26(31(30)33)12-6-23-9-17-29(18-10-23)38-22-32(34,35)36/h8-11,13-14,16-21H,2-7,12,15,22H2,1H3. The summed E-state index contributed by atoms with van der Waals surface area (Å²) in [6.45, 7) is 0.885. The van der Waals surface area contributed by atoms with Gasteiger partial charge in [0, 0.05) is 17.3 Å². The van der Waals surface area contributed by atoms with Crippen LogP contribution >= 0.6 is 0 Å². The van der Waals surface area contributed by atoms with Crippen LogP contribution in [0.25, 0.3) is 10.8 Å². The van der Waals surface area contributed by atoms with Crippen LogP contribution in [0.1, 0.15) is 54.1 Å². The summed E-state index contributed by atoms with van der Waals surface area (Å²) >= 11 is 0. The Kier molecular flexibility index (Phi) is 9.38. The van der Waals surface area contributed by atoms with Crippen molar-refractivity contribution in [2.45, 2.75) is 64.5 Å². The second-order valence-electron chi connectivity index (χ2n) is 9.76. The molecule has 0 N–H and O–H groups in total. The van der Waals surface area contributed by atoms with Crippen LogP contribution in [0.4, 0.5) is 17.6 Å². The van der Waals surface area contributed by atoms with Gasteiger partial charge in [-0.25, -0.2) is 4.39 Å². The molecular weight excluding hydrogens is 490 g/mol. The van der Waals surface area contributed by atoms with Crippen molar-refractivity contribution < 1.29 is 22.3 Å². The molecule has 0 aliphatic heterocycles. The number of alkyl halides is 3. The van der Waals surface area contributed by atoms with E-state index in [1.165, 1.54) is 37.0 Å². The van der Waals surface area contributed by atoms with Crippen molar-refractivity contribution in [2.24, 2.45) is 0 Å². The molecule has 4 rings (SSSR count). The van der Waals surface area contributed by atoms with Crippen LogP contribution in [-0.4, -0.2) is 17.8 Å². The van der Waals surface area contributed by atoms with E-state index in [0.29, 0.717) is 23.8 Å². The molecule has 0 aliphatic carbocycles. The molecule has 1 aromatic heterocycles. The van der Waals surface area contributed by atoms with Gasteiger partial charge in [-0.3, -0.25) is 4.98 Å². The fourth-order valence-electron chi connectivity index (χ4n) is 4.53. The normalized spacial score (nSPS) is 11.7. The van der Waals surface area contributed by atoms with E-state index >= 15 is 4.39 Å². The highest BCUT2D eigenvalue weighted by atomic mass is 19.4. The van der Waals surface area contributed by atoms with Crippen molar-refractivity contribution in [3.63, 3.8) is 0 Å². The number of pyridine rings is 1. The van der Waals surface area contributed by atoms with E-state index in [1.807, 2.05) is 36.5 Å². The van der Waals surface area contributed by atoms with Gasteiger partial charge in [0.15, 0.2) is 6.61 Å². The molecule has 4 aromatic rings. The molecule has 0 atom stereocenters. The largest absolute Gasteiger partial charge is 0.484 e. The molecular formula is C32H33F4NO. The lowest BCUT2D eigenvalue weighted by Gasteiger charge is -2.11. The van der Waals surface area contributed by atoms with Crippen molar-refractivity contribution >= 4 is 10.8 Å². The van der Waals surface area contributed by atoms with Crippen LogP contribution in [0.15, 0.2) is 72.9 Å². The first-order valence-corrected chi connectivity index (χ1v) is 13.2. The van der Waals surface area contributed by atoms with Gasteiger partial charge >= 0.3 is 6.18 Å². The Morgan fingerprint density at radius 2 is 1.47 bits per heavy atom. The number of nitrogens with zero attached hydrogens (tertiary/aromatic N) is 1. The fraction of sp³-hybridized carbons (Fsp3) is 0.344. The summed E-state index contributed by atoms with van der Waals surface area (Å²) < 4.78 is 56.9. The molecule has 0 spiro atoms. The molecule has 0 aliphatic rings. The number of halogens is 4. The van der Waals surface area contributed by atoms with E-state index in [9.17, 15) is 13.2 Å². The Labute approximate surface area is 221 Å². The molecule has 0 unspecified atom stereocenters. The molecule has 3 aromatic carbocycles. The minimum Gasteiger partial charge on any atom is -0.484 e. The summed E-state index contributed by atoms with van der Waals surface area (Å²) in [7, 11) is 0. The topological polar surface area (TPSA) is 22.1 Å². The van der Waals surface area contributed by atoms with Crippen LogP contribution in [0.5, 0.6) is 5.75 Å². The summed E-state index contributed by atoms with van der Waals surface area (Å²) in [6.07, 6.45) is 5.08. The number of aromatic nitrogens is 1. The zero-order valence-electron chi connectivity index (χ0n) is 21.7. The molecule has 0 radical (unpaired) electrons. The van der Waals surface area contributed by atoms with Crippen LogP contribution < -0.4 is 4.74 Å². The van der Waals surface area contributed by atoms with Gasteiger partial charge in [-0.2, -0.15) is 13.2 Å². The molecule has 200 valence electrons. The van der Waals surface area contributed by atoms with Gasteiger partial charge in [-0.1, -0.05) is 68.3 Å². The highest BCUT2D eigenvalue weighted by Crippen LogP contribution is 2.25. The van der Waals surface area contributed by atoms with Gasteiger partial charge in [0.25, 0.3) is 0 Å². The highest BCUT2D eigenvalue weighted by Gasteiger charge is 2.28. The van der Waals surface area contributed by atoms with Crippen LogP contribution in [0.3, 0.4) is 0 Å². The summed E-state index contributed by atoms with van der Waals surface area (Å²) in [5.41, 5.74) is 5.01. The van der Waals surface area contributed by atoms with E-state index < -0.39 is 12.8 Å². The molecule has 0 fully saturated rings. The molecule has 2 nitrogen and oxygen atoms in total. The third-order valence-corrected chi connectivity index (χ3v) is 6.73. The van der Waals surface area contributed by atoms with Crippen molar-refractivity contribution in [1.29, 1.82) is 0 Å². The van der Waals surface area contributed by atoms with Gasteiger partial charge in [0.2, 0.25) is 0 Å². The van der Waals surface area contributed by atoms with Crippen molar-refractivity contribution in [1.82, 2.24) is 4.98 Å². The summed E-state index contributed by atoms with van der Waals surface area (Å²) in [4.78, 5) is 4.62. The van der Waals surface area contributed by atoms with Gasteiger partial charge in [0.05, 0.1) is 0 Å². The number of fused-ring (bicyclic) bond motifs is 1. The quantitative estimate of drug-likeness (QED) is 0.137. The zero-order valence-corrected chi connectivity index (χ0v) is 21.7. The molecule has 0 amide bonds. The lowest BCUT2D eigenvalue weighted by Crippen LogP contribution is -2.19. The number of hydrogen-bond donors (Lipinski definition) is 0. The van der Waals surface area contributed by atoms with Gasteiger partial charge in [-0.05, 0) is 84.4 Å². The number of ether oxygens (including phenoxy) is 1. The third-order valence-electron chi connectivity index (χ3n) is 6.73. The maximum absolute atomic E-state index is 15.2. The number of hydrogen-bond acceptors (Lipinski definition) is 2. The molecule has 0 saturated carbocycles. The van der Waals surface area contributed by atoms with E-state index in [4.69, 9.17) is 4.74 Å².